The van der Waals surface area contributed by atoms with Crippen molar-refractivity contribution < 1.29 is 14.3 Å². The van der Waals surface area contributed by atoms with Crippen molar-refractivity contribution in [3.8, 4) is 11.3 Å². The molecule has 0 saturated heterocycles. The molecule has 2 N–H and O–H groups in total. The van der Waals surface area contributed by atoms with E-state index in [1.54, 1.807) is 0 Å². The molecule has 0 bridgehead atoms. The fraction of sp³-hybridized carbons (Fsp3) is 0.353. The van der Waals surface area contributed by atoms with Gasteiger partial charge in [-0.2, -0.15) is 0 Å². The fourth-order valence-corrected chi connectivity index (χ4v) is 2.20. The van der Waals surface area contributed by atoms with Crippen LogP contribution in [-0.4, -0.2) is 17.1 Å². The van der Waals surface area contributed by atoms with Gasteiger partial charge in [-0.15, -0.1) is 0 Å². The summed E-state index contributed by atoms with van der Waals surface area (Å²) < 4.78 is 5.75. The molecule has 1 atom stereocenters. The maximum atomic E-state index is 11.2. The standard InChI is InChI=1S/C17H21NO3/c1-12(2)10-15(17(19)20)18-11-14-8-9-16(21-14)13-6-4-3-5-7-13/h3-9,12,15,18H,10-11H2,1-2H3,(H,19,20)/t15-/m1/s1. The first-order valence-electron chi connectivity index (χ1n) is 7.16. The van der Waals surface area contributed by atoms with Gasteiger partial charge in [-0.3, -0.25) is 10.1 Å². The molecule has 0 unspecified atom stereocenters. The SMILES string of the molecule is CC(C)C[C@@H](NCc1ccc(-c2ccccc2)o1)C(=O)O. The smallest absolute Gasteiger partial charge is 0.320 e. The highest BCUT2D eigenvalue weighted by Gasteiger charge is 2.18. The molecule has 4 nitrogen and oxygen atoms in total. The second-order valence-corrected chi connectivity index (χ2v) is 5.53. The molecule has 112 valence electrons. The van der Waals surface area contributed by atoms with Crippen LogP contribution < -0.4 is 5.32 Å². The molecule has 0 aliphatic carbocycles. The molecule has 1 aromatic carbocycles. The average Bonchev–Trinajstić information content (AvgIpc) is 2.92. The molecule has 1 heterocycles. The van der Waals surface area contributed by atoms with Crippen molar-refractivity contribution in [3.05, 3.63) is 48.2 Å². The van der Waals surface area contributed by atoms with Gasteiger partial charge in [0, 0.05) is 5.56 Å². The van der Waals surface area contributed by atoms with Gasteiger partial charge in [-0.1, -0.05) is 44.2 Å². The Kier molecular flexibility index (Phi) is 5.17. The Labute approximate surface area is 124 Å². The fourth-order valence-electron chi connectivity index (χ4n) is 2.20. The lowest BCUT2D eigenvalue weighted by Crippen LogP contribution is -2.37. The van der Waals surface area contributed by atoms with E-state index in [1.165, 1.54) is 0 Å². The van der Waals surface area contributed by atoms with Crippen LogP contribution in [0.25, 0.3) is 11.3 Å². The van der Waals surface area contributed by atoms with Crippen LogP contribution in [0.4, 0.5) is 0 Å². The lowest BCUT2D eigenvalue weighted by atomic mass is 10.0. The van der Waals surface area contributed by atoms with Crippen LogP contribution in [0.5, 0.6) is 0 Å². The Balaban J connectivity index is 1.98. The number of furan rings is 1. The highest BCUT2D eigenvalue weighted by atomic mass is 16.4. The van der Waals surface area contributed by atoms with Crippen LogP contribution in [0.3, 0.4) is 0 Å². The predicted octanol–water partition coefficient (Wildman–Crippen LogP) is 3.54. The van der Waals surface area contributed by atoms with Gasteiger partial charge in [0.25, 0.3) is 0 Å². The van der Waals surface area contributed by atoms with Crippen molar-refractivity contribution in [2.75, 3.05) is 0 Å². The molecule has 0 fully saturated rings. The zero-order valence-corrected chi connectivity index (χ0v) is 12.4. The van der Waals surface area contributed by atoms with Gasteiger partial charge in [-0.25, -0.2) is 0 Å². The molecular formula is C17H21NO3. The van der Waals surface area contributed by atoms with Crippen LogP contribution in [0.2, 0.25) is 0 Å². The number of carbonyl (C=O) groups is 1. The highest BCUT2D eigenvalue weighted by molar-refractivity contribution is 5.73. The zero-order valence-electron chi connectivity index (χ0n) is 12.4. The molecule has 2 aromatic rings. The van der Waals surface area contributed by atoms with Crippen LogP contribution in [0, 0.1) is 5.92 Å². The molecule has 0 saturated carbocycles. The Hall–Kier alpha value is -2.07. The lowest BCUT2D eigenvalue weighted by molar-refractivity contribution is -0.140. The Morgan fingerprint density at radius 1 is 1.19 bits per heavy atom. The summed E-state index contributed by atoms with van der Waals surface area (Å²) in [5, 5.41) is 12.2. The van der Waals surface area contributed by atoms with Crippen molar-refractivity contribution in [2.45, 2.75) is 32.9 Å². The first kappa shape index (κ1) is 15.3. The molecular weight excluding hydrogens is 266 g/mol. The number of carboxylic acid groups (broad SMARTS) is 1. The van der Waals surface area contributed by atoms with E-state index in [-0.39, 0.29) is 0 Å². The first-order chi connectivity index (χ1) is 10.1. The molecule has 4 heteroatoms. The van der Waals surface area contributed by atoms with Gasteiger partial charge in [0.2, 0.25) is 0 Å². The van der Waals surface area contributed by atoms with E-state index in [0.717, 1.165) is 17.1 Å². The number of hydrogen-bond acceptors (Lipinski definition) is 3. The summed E-state index contributed by atoms with van der Waals surface area (Å²) in [6.07, 6.45) is 0.599. The third-order valence-corrected chi connectivity index (χ3v) is 3.25. The molecule has 0 radical (unpaired) electrons. The first-order valence-corrected chi connectivity index (χ1v) is 7.16. The van der Waals surface area contributed by atoms with Crippen molar-refractivity contribution in [1.29, 1.82) is 0 Å². The van der Waals surface area contributed by atoms with E-state index in [4.69, 9.17) is 4.42 Å². The Bertz CT molecular complexity index is 575. The van der Waals surface area contributed by atoms with Gasteiger partial charge in [-0.05, 0) is 24.5 Å². The van der Waals surface area contributed by atoms with Gasteiger partial charge < -0.3 is 9.52 Å². The molecule has 0 aliphatic rings. The van der Waals surface area contributed by atoms with Crippen LogP contribution in [-0.2, 0) is 11.3 Å². The number of benzene rings is 1. The van der Waals surface area contributed by atoms with Crippen molar-refractivity contribution in [3.63, 3.8) is 0 Å². The quantitative estimate of drug-likeness (QED) is 0.817. The minimum Gasteiger partial charge on any atom is -0.480 e. The molecule has 0 spiro atoms. The maximum absolute atomic E-state index is 11.2. The summed E-state index contributed by atoms with van der Waals surface area (Å²) in [5.41, 5.74) is 1.01. The molecule has 1 aromatic heterocycles. The van der Waals surface area contributed by atoms with E-state index in [9.17, 15) is 9.90 Å². The van der Waals surface area contributed by atoms with E-state index in [2.05, 4.69) is 5.32 Å². The molecule has 0 amide bonds. The highest BCUT2D eigenvalue weighted by Crippen LogP contribution is 2.21. The Morgan fingerprint density at radius 3 is 2.52 bits per heavy atom. The monoisotopic (exact) mass is 287 g/mol. The second-order valence-electron chi connectivity index (χ2n) is 5.53. The molecule has 0 aliphatic heterocycles. The summed E-state index contributed by atoms with van der Waals surface area (Å²) >= 11 is 0. The average molecular weight is 287 g/mol. The van der Waals surface area contributed by atoms with Gasteiger partial charge in [0.15, 0.2) is 0 Å². The number of carboxylic acids is 1. The van der Waals surface area contributed by atoms with Gasteiger partial charge in [0.1, 0.15) is 17.6 Å². The topological polar surface area (TPSA) is 62.5 Å². The maximum Gasteiger partial charge on any atom is 0.320 e. The van der Waals surface area contributed by atoms with Crippen molar-refractivity contribution in [2.24, 2.45) is 5.92 Å². The van der Waals surface area contributed by atoms with Gasteiger partial charge in [0.05, 0.1) is 6.54 Å². The van der Waals surface area contributed by atoms with Crippen LogP contribution in [0.15, 0.2) is 46.9 Å². The molecule has 21 heavy (non-hydrogen) atoms. The third kappa shape index (κ3) is 4.46. The normalized spacial score (nSPS) is 12.5. The van der Waals surface area contributed by atoms with E-state index >= 15 is 0 Å². The third-order valence-electron chi connectivity index (χ3n) is 3.25. The number of nitrogens with one attached hydrogen (secondary N) is 1. The summed E-state index contributed by atoms with van der Waals surface area (Å²) in [4.78, 5) is 11.2. The van der Waals surface area contributed by atoms with E-state index in [0.29, 0.717) is 18.9 Å². The van der Waals surface area contributed by atoms with E-state index in [1.807, 2.05) is 56.3 Å². The van der Waals surface area contributed by atoms with Crippen molar-refractivity contribution >= 4 is 5.97 Å². The number of hydrogen-bond donors (Lipinski definition) is 2. The summed E-state index contributed by atoms with van der Waals surface area (Å²) in [6.45, 7) is 4.44. The van der Waals surface area contributed by atoms with Crippen LogP contribution >= 0.6 is 0 Å². The van der Waals surface area contributed by atoms with Crippen LogP contribution in [0.1, 0.15) is 26.0 Å². The number of aliphatic carboxylic acids is 1. The summed E-state index contributed by atoms with van der Waals surface area (Å²) in [7, 11) is 0. The predicted molar refractivity (Wildman–Crippen MR) is 81.9 cm³/mol. The minimum atomic E-state index is -0.821. The Morgan fingerprint density at radius 2 is 1.90 bits per heavy atom. The van der Waals surface area contributed by atoms with E-state index < -0.39 is 12.0 Å². The second kappa shape index (κ2) is 7.09. The number of rotatable bonds is 7. The largest absolute Gasteiger partial charge is 0.480 e. The zero-order chi connectivity index (χ0) is 15.2. The van der Waals surface area contributed by atoms with Gasteiger partial charge >= 0.3 is 5.97 Å². The molecule has 2 rings (SSSR count). The summed E-state index contributed by atoms with van der Waals surface area (Å²) in [5.74, 6) is 1.04. The van der Waals surface area contributed by atoms with Crippen molar-refractivity contribution in [1.82, 2.24) is 5.32 Å². The minimum absolute atomic E-state index is 0.329. The lowest BCUT2D eigenvalue weighted by Gasteiger charge is -2.15. The summed E-state index contributed by atoms with van der Waals surface area (Å²) in [6, 6.07) is 13.1.